The van der Waals surface area contributed by atoms with Crippen LogP contribution in [-0.4, -0.2) is 9.55 Å². The smallest absolute Gasteiger partial charge is 0.292 e. The molecule has 0 amide bonds. The van der Waals surface area contributed by atoms with E-state index >= 15 is 0 Å². The van der Waals surface area contributed by atoms with Crippen LogP contribution in [0.5, 0.6) is 0 Å². The van der Waals surface area contributed by atoms with Gasteiger partial charge >= 0.3 is 0 Å². The van der Waals surface area contributed by atoms with Crippen LogP contribution in [0.25, 0.3) is 67.0 Å². The topological polar surface area (TPSA) is 34.8 Å². The molecule has 0 aliphatic heterocycles. The highest BCUT2D eigenvalue weighted by molar-refractivity contribution is 6.13. The van der Waals surface area contributed by atoms with E-state index in [-0.39, 0.29) is 0 Å². The SMILES string of the molecule is Cc1ccc2c(oc3c(-c4cc(-c5ccccc5)cc(-c5ccccc5)n4)cccc32)c1-c1n(C)cc[n+]1C. The molecule has 0 spiro atoms. The Morgan fingerprint density at radius 2 is 1.38 bits per heavy atom. The number of fused-ring (bicyclic) bond motifs is 3. The normalized spacial score (nSPS) is 11.5. The van der Waals surface area contributed by atoms with Gasteiger partial charge in [-0.15, -0.1) is 0 Å². The molecule has 7 rings (SSSR count). The second-order valence-corrected chi connectivity index (χ2v) is 10.1. The van der Waals surface area contributed by atoms with Gasteiger partial charge in [-0.2, -0.15) is 0 Å². The van der Waals surface area contributed by atoms with Gasteiger partial charge in [0.15, 0.2) is 5.58 Å². The lowest BCUT2D eigenvalue weighted by Gasteiger charge is -2.10. The molecule has 0 fully saturated rings. The van der Waals surface area contributed by atoms with Crippen LogP contribution in [0.2, 0.25) is 0 Å². The van der Waals surface area contributed by atoms with Crippen LogP contribution in [0.1, 0.15) is 5.56 Å². The largest absolute Gasteiger partial charge is 0.454 e. The van der Waals surface area contributed by atoms with E-state index in [2.05, 4.69) is 134 Å². The van der Waals surface area contributed by atoms with Crippen molar-refractivity contribution in [1.82, 2.24) is 9.55 Å². The van der Waals surface area contributed by atoms with Gasteiger partial charge in [-0.1, -0.05) is 84.9 Å². The molecule has 3 heterocycles. The van der Waals surface area contributed by atoms with Gasteiger partial charge in [0.1, 0.15) is 23.5 Å². The van der Waals surface area contributed by atoms with E-state index in [9.17, 15) is 0 Å². The Balaban J connectivity index is 1.51. The van der Waals surface area contributed by atoms with E-state index < -0.39 is 0 Å². The Hall–Kier alpha value is -4.96. The Labute approximate surface area is 227 Å². The van der Waals surface area contributed by atoms with Crippen LogP contribution >= 0.6 is 0 Å². The zero-order valence-corrected chi connectivity index (χ0v) is 22.2. The molecule has 0 bridgehead atoms. The summed E-state index contributed by atoms with van der Waals surface area (Å²) >= 11 is 0. The number of nitrogens with zero attached hydrogens (tertiary/aromatic N) is 3. The van der Waals surface area contributed by atoms with E-state index in [4.69, 9.17) is 9.40 Å². The highest BCUT2D eigenvalue weighted by Crippen LogP contribution is 2.41. The molecule has 0 aliphatic rings. The van der Waals surface area contributed by atoms with Crippen LogP contribution < -0.4 is 4.57 Å². The summed E-state index contributed by atoms with van der Waals surface area (Å²) in [6, 6.07) is 35.9. The molecule has 0 N–H and O–H groups in total. The molecule has 4 aromatic carbocycles. The van der Waals surface area contributed by atoms with Crippen LogP contribution in [-0.2, 0) is 14.1 Å². The van der Waals surface area contributed by atoms with Gasteiger partial charge in [-0.25, -0.2) is 14.1 Å². The molecule has 188 valence electrons. The van der Waals surface area contributed by atoms with Crippen molar-refractivity contribution < 1.29 is 8.98 Å². The number of furan rings is 1. The van der Waals surface area contributed by atoms with Gasteiger partial charge < -0.3 is 4.42 Å². The fourth-order valence-electron chi connectivity index (χ4n) is 5.61. The first kappa shape index (κ1) is 23.2. The fourth-order valence-corrected chi connectivity index (χ4v) is 5.61. The molecular formula is C35H28N3O+. The summed E-state index contributed by atoms with van der Waals surface area (Å²) in [6.07, 6.45) is 4.15. The van der Waals surface area contributed by atoms with Gasteiger partial charge in [0, 0.05) is 21.9 Å². The number of imidazole rings is 1. The Bertz CT molecular complexity index is 1900. The average Bonchev–Trinajstić information content (AvgIpc) is 3.52. The molecule has 3 aromatic heterocycles. The Kier molecular flexibility index (Phi) is 5.41. The standard InChI is InChI=1S/C35H28N3O/c1-23-17-18-28-27-15-10-16-29(33(27)39-34(28)32(23)35-37(2)19-20-38(35)3)31-22-26(24-11-6-4-7-12-24)21-30(36-31)25-13-8-5-9-14-25/h4-22H,1-3H3/q+1. The van der Waals surface area contributed by atoms with Crippen molar-refractivity contribution >= 4 is 21.9 Å². The molecule has 0 aliphatic carbocycles. The van der Waals surface area contributed by atoms with E-state index in [0.717, 1.165) is 67.0 Å². The van der Waals surface area contributed by atoms with Crippen molar-refractivity contribution in [3.05, 3.63) is 121 Å². The molecule has 39 heavy (non-hydrogen) atoms. The van der Waals surface area contributed by atoms with Crippen LogP contribution in [0.3, 0.4) is 0 Å². The predicted octanol–water partition coefficient (Wildman–Crippen LogP) is 8.12. The summed E-state index contributed by atoms with van der Waals surface area (Å²) in [5, 5.41) is 2.20. The molecule has 4 heteroatoms. The zero-order chi connectivity index (χ0) is 26.5. The molecule has 0 saturated carbocycles. The minimum atomic E-state index is 0.855. The maximum Gasteiger partial charge on any atom is 0.292 e. The lowest BCUT2D eigenvalue weighted by Crippen LogP contribution is -2.29. The van der Waals surface area contributed by atoms with E-state index in [1.54, 1.807) is 0 Å². The summed E-state index contributed by atoms with van der Waals surface area (Å²) in [7, 11) is 4.15. The number of aryl methyl sites for hydroxylation is 3. The van der Waals surface area contributed by atoms with Gasteiger partial charge in [-0.3, -0.25) is 0 Å². The summed E-state index contributed by atoms with van der Waals surface area (Å²) in [5.74, 6) is 1.11. The third-order valence-electron chi connectivity index (χ3n) is 7.56. The van der Waals surface area contributed by atoms with Gasteiger partial charge in [0.25, 0.3) is 5.82 Å². The third kappa shape index (κ3) is 3.84. The minimum Gasteiger partial charge on any atom is -0.454 e. The van der Waals surface area contributed by atoms with Crippen LogP contribution in [0.4, 0.5) is 0 Å². The van der Waals surface area contributed by atoms with Crippen molar-refractivity contribution in [3.8, 4) is 45.0 Å². The first-order valence-electron chi connectivity index (χ1n) is 13.2. The Morgan fingerprint density at radius 3 is 2.10 bits per heavy atom. The number of para-hydroxylation sites is 1. The third-order valence-corrected chi connectivity index (χ3v) is 7.56. The predicted molar refractivity (Wildman–Crippen MR) is 158 cm³/mol. The first-order chi connectivity index (χ1) is 19.1. The number of benzene rings is 4. The van der Waals surface area contributed by atoms with Crippen molar-refractivity contribution in [2.45, 2.75) is 6.92 Å². The quantitative estimate of drug-likeness (QED) is 0.226. The van der Waals surface area contributed by atoms with Crippen molar-refractivity contribution in [2.75, 3.05) is 0 Å². The van der Waals surface area contributed by atoms with E-state index in [0.29, 0.717) is 0 Å². The molecule has 7 aromatic rings. The molecular weight excluding hydrogens is 478 g/mol. The molecule has 0 saturated heterocycles. The van der Waals surface area contributed by atoms with Gasteiger partial charge in [0.05, 0.1) is 25.5 Å². The number of pyridine rings is 1. The highest BCUT2D eigenvalue weighted by Gasteiger charge is 2.24. The second-order valence-electron chi connectivity index (χ2n) is 10.1. The lowest BCUT2D eigenvalue weighted by atomic mass is 9.98. The first-order valence-corrected chi connectivity index (χ1v) is 13.2. The lowest BCUT2D eigenvalue weighted by molar-refractivity contribution is -0.659. The second kappa shape index (κ2) is 9.10. The minimum absolute atomic E-state index is 0.855. The molecule has 4 nitrogen and oxygen atoms in total. The maximum atomic E-state index is 6.81. The summed E-state index contributed by atoms with van der Waals surface area (Å²) in [4.78, 5) is 5.17. The molecule has 0 atom stereocenters. The number of hydrogen-bond donors (Lipinski definition) is 0. The van der Waals surface area contributed by atoms with Crippen molar-refractivity contribution in [3.63, 3.8) is 0 Å². The number of aromatic nitrogens is 3. The Morgan fingerprint density at radius 1 is 0.692 bits per heavy atom. The van der Waals surface area contributed by atoms with E-state index in [1.165, 1.54) is 5.56 Å². The van der Waals surface area contributed by atoms with Crippen LogP contribution in [0.15, 0.2) is 120 Å². The monoisotopic (exact) mass is 506 g/mol. The average molecular weight is 507 g/mol. The summed E-state index contributed by atoms with van der Waals surface area (Å²) < 4.78 is 11.1. The van der Waals surface area contributed by atoms with Crippen molar-refractivity contribution in [1.29, 1.82) is 0 Å². The molecule has 0 unspecified atom stereocenters. The van der Waals surface area contributed by atoms with Crippen molar-refractivity contribution in [2.24, 2.45) is 14.1 Å². The number of hydrogen-bond acceptors (Lipinski definition) is 2. The van der Waals surface area contributed by atoms with E-state index in [1.807, 2.05) is 12.1 Å². The van der Waals surface area contributed by atoms with Gasteiger partial charge in [0.2, 0.25) is 0 Å². The molecule has 0 radical (unpaired) electrons. The van der Waals surface area contributed by atoms with Gasteiger partial charge in [-0.05, 0) is 41.8 Å². The summed E-state index contributed by atoms with van der Waals surface area (Å²) in [6.45, 7) is 2.15. The zero-order valence-electron chi connectivity index (χ0n) is 22.2. The van der Waals surface area contributed by atoms with Crippen LogP contribution in [0, 0.1) is 6.92 Å². The highest BCUT2D eigenvalue weighted by atomic mass is 16.3. The maximum absolute atomic E-state index is 6.81. The summed E-state index contributed by atoms with van der Waals surface area (Å²) in [5.41, 5.74) is 10.2. The fraction of sp³-hybridized carbons (Fsp3) is 0.0857. The number of rotatable bonds is 4.